The van der Waals surface area contributed by atoms with E-state index in [1.165, 1.54) is 0 Å². The Kier molecular flexibility index (Phi) is 360. The Morgan fingerprint density at radius 2 is 1.20 bits per heavy atom. The molecule has 1 nitrogen and oxygen atoms in total. The van der Waals surface area contributed by atoms with E-state index >= 15 is 0 Å². The van der Waals surface area contributed by atoms with Crippen LogP contribution in [0.5, 0.6) is 0 Å². The van der Waals surface area contributed by atoms with Gasteiger partial charge >= 0.3 is 41.9 Å². The second kappa shape index (κ2) is 33.2. The third-order valence-electron chi connectivity index (χ3n) is 0. The largest absolute Gasteiger partial charge is 2.00 e. The van der Waals surface area contributed by atoms with Crippen molar-refractivity contribution in [1.29, 1.82) is 0 Å². The summed E-state index contributed by atoms with van der Waals surface area (Å²) in [6.45, 7) is 0. The molecule has 0 fully saturated rings. The van der Waals surface area contributed by atoms with Crippen LogP contribution in [0.1, 0.15) is 4.28 Å². The van der Waals surface area contributed by atoms with Crippen LogP contribution in [0, 0.1) is 0 Å². The summed E-state index contributed by atoms with van der Waals surface area (Å²) >= 11 is 0. The monoisotopic (exact) mass is 169 g/mol. The molecule has 0 aromatic heterocycles. The van der Waals surface area contributed by atoms with E-state index < -0.39 is 0 Å². The Morgan fingerprint density at radius 3 is 1.20 bits per heavy atom. The van der Waals surface area contributed by atoms with Gasteiger partial charge in [-0.1, -0.05) is 0 Å². The molecule has 0 aromatic carbocycles. The molecule has 0 unspecified atom stereocenters. The van der Waals surface area contributed by atoms with E-state index in [1.54, 1.807) is 0 Å². The van der Waals surface area contributed by atoms with E-state index in [1.807, 2.05) is 0 Å². The fraction of sp³-hybridized carbons (Fsp3) is 0. The molecule has 0 rings (SSSR count). The van der Waals surface area contributed by atoms with Crippen molar-refractivity contribution < 1.29 is 61.9 Å². The fourth-order valence-corrected chi connectivity index (χ4v) is 0. The van der Waals surface area contributed by atoms with Crippen molar-refractivity contribution in [2.45, 2.75) is 0 Å². The molecule has 0 aliphatic rings. The standard InChI is InChI=1S/Co.Li.Mg.Ni.H2O.3H/h;;;;1H2;;;/q;+1;+2;;;3*-1. The quantitative estimate of drug-likeness (QED) is 0.333. The van der Waals surface area contributed by atoms with E-state index in [2.05, 4.69) is 0 Å². The predicted molar refractivity (Wildman–Crippen MR) is 12.7 cm³/mol. The smallest absolute Gasteiger partial charge is 1.00 e. The van der Waals surface area contributed by atoms with Crippen molar-refractivity contribution in [3.8, 4) is 0 Å². The molecule has 2 N–H and O–H groups in total. The molecule has 5 heteroatoms. The Morgan fingerprint density at radius 1 is 1.20 bits per heavy atom. The van der Waals surface area contributed by atoms with Gasteiger partial charge in [0.05, 0.1) is 0 Å². The van der Waals surface area contributed by atoms with Gasteiger partial charge in [0.15, 0.2) is 0 Å². The summed E-state index contributed by atoms with van der Waals surface area (Å²) in [5.41, 5.74) is 0. The Balaban J connectivity index is 0. The van der Waals surface area contributed by atoms with E-state index in [-0.39, 0.29) is 84.9 Å². The maximum Gasteiger partial charge on any atom is 2.00 e. The van der Waals surface area contributed by atoms with Crippen molar-refractivity contribution in [2.24, 2.45) is 0 Å². The van der Waals surface area contributed by atoms with Crippen molar-refractivity contribution in [3.05, 3.63) is 0 Å². The minimum atomic E-state index is 0. The number of hydrogen-bond acceptors (Lipinski definition) is 0. The molecule has 0 bridgehead atoms. The van der Waals surface area contributed by atoms with Gasteiger partial charge in [0.25, 0.3) is 0 Å². The molecule has 5 heavy (non-hydrogen) atoms. The molecule has 33 valence electrons. The summed E-state index contributed by atoms with van der Waals surface area (Å²) in [5.74, 6) is 0. The van der Waals surface area contributed by atoms with Crippen molar-refractivity contribution in [2.75, 3.05) is 0 Å². The van der Waals surface area contributed by atoms with Crippen LogP contribution in [-0.2, 0) is 33.3 Å². The van der Waals surface area contributed by atoms with Gasteiger partial charge in [-0.15, -0.1) is 0 Å². The molecule has 0 aromatic rings. The third-order valence-corrected chi connectivity index (χ3v) is 0. The summed E-state index contributed by atoms with van der Waals surface area (Å²) in [7, 11) is 0. The minimum Gasteiger partial charge on any atom is -1.00 e. The molecular weight excluding hydrogens is 165 g/mol. The fourth-order valence-electron chi connectivity index (χ4n) is 0. The van der Waals surface area contributed by atoms with Gasteiger partial charge in [-0.25, -0.2) is 0 Å². The number of rotatable bonds is 0. The molecule has 1 radical (unpaired) electrons. The molecule has 0 saturated heterocycles. The first-order valence-electron chi connectivity index (χ1n) is 0. The summed E-state index contributed by atoms with van der Waals surface area (Å²) in [5, 5.41) is 0. The molecule has 0 aliphatic carbocycles. The van der Waals surface area contributed by atoms with Crippen LogP contribution in [0.2, 0.25) is 0 Å². The molecular formula is H5CoLiMgNiO. The Labute approximate surface area is 84.2 Å². The zero-order valence-corrected chi connectivity index (χ0v) is 6.30. The Hall–Kier alpha value is 2.32. The summed E-state index contributed by atoms with van der Waals surface area (Å²) in [4.78, 5) is 0. The second-order valence-electron chi connectivity index (χ2n) is 0. The maximum absolute atomic E-state index is 0. The molecule has 0 amide bonds. The van der Waals surface area contributed by atoms with Crippen LogP contribution in [0.3, 0.4) is 0 Å². The zero-order chi connectivity index (χ0) is 0. The summed E-state index contributed by atoms with van der Waals surface area (Å²) in [6.07, 6.45) is 0. The first-order valence-corrected chi connectivity index (χ1v) is 0. The molecule has 0 aliphatic heterocycles. The number of hydrogen-bond donors (Lipinski definition) is 0. The topological polar surface area (TPSA) is 31.5 Å². The normalized spacial score (nSPS) is 0. The van der Waals surface area contributed by atoms with Crippen molar-refractivity contribution in [1.82, 2.24) is 0 Å². The van der Waals surface area contributed by atoms with Crippen LogP contribution < -0.4 is 18.9 Å². The van der Waals surface area contributed by atoms with Gasteiger partial charge in [-0.05, 0) is 0 Å². The molecule has 0 saturated carbocycles. The summed E-state index contributed by atoms with van der Waals surface area (Å²) in [6, 6.07) is 0. The average molecular weight is 170 g/mol. The van der Waals surface area contributed by atoms with Gasteiger partial charge in [-0.3, -0.25) is 0 Å². The van der Waals surface area contributed by atoms with Crippen LogP contribution in [0.25, 0.3) is 0 Å². The third kappa shape index (κ3) is 21.9. The van der Waals surface area contributed by atoms with Gasteiger partial charge in [0, 0.05) is 33.3 Å². The van der Waals surface area contributed by atoms with E-state index in [0.29, 0.717) is 0 Å². The van der Waals surface area contributed by atoms with E-state index in [4.69, 9.17) is 0 Å². The van der Waals surface area contributed by atoms with Gasteiger partial charge in [0.1, 0.15) is 0 Å². The van der Waals surface area contributed by atoms with Crippen LogP contribution >= 0.6 is 0 Å². The van der Waals surface area contributed by atoms with Crippen molar-refractivity contribution >= 4 is 23.1 Å². The summed E-state index contributed by atoms with van der Waals surface area (Å²) < 4.78 is 0. The molecule has 0 atom stereocenters. The van der Waals surface area contributed by atoms with E-state index in [0.717, 1.165) is 0 Å². The van der Waals surface area contributed by atoms with Crippen molar-refractivity contribution in [3.63, 3.8) is 0 Å². The van der Waals surface area contributed by atoms with Crippen LogP contribution in [-0.4, -0.2) is 28.5 Å². The van der Waals surface area contributed by atoms with Crippen LogP contribution in [0.15, 0.2) is 0 Å². The van der Waals surface area contributed by atoms with Gasteiger partial charge in [-0.2, -0.15) is 0 Å². The molecule has 0 spiro atoms. The average Bonchev–Trinajstić information content (AvgIpc) is 0. The predicted octanol–water partition coefficient (Wildman–Crippen LogP) is -3.87. The van der Waals surface area contributed by atoms with Gasteiger partial charge in [0.2, 0.25) is 0 Å². The molecule has 0 heterocycles. The van der Waals surface area contributed by atoms with Crippen LogP contribution in [0.4, 0.5) is 0 Å². The minimum absolute atomic E-state index is 0. The SMILES string of the molecule is O.[Co].[H-].[H-].[H-].[Li+].[Mg+2].[Ni]. The second-order valence-corrected chi connectivity index (χ2v) is 0. The van der Waals surface area contributed by atoms with E-state index in [9.17, 15) is 0 Å². The maximum atomic E-state index is 0. The van der Waals surface area contributed by atoms with Gasteiger partial charge < -0.3 is 9.76 Å². The Bertz CT molecular complexity index is 19.2. The first kappa shape index (κ1) is 54.2. The zero-order valence-electron chi connectivity index (χ0n) is 5.86. The first-order chi connectivity index (χ1) is 0.